The van der Waals surface area contributed by atoms with Gasteiger partial charge in [0.2, 0.25) is 0 Å². The highest BCUT2D eigenvalue weighted by Crippen LogP contribution is 2.05. The molecule has 0 aliphatic carbocycles. The molecule has 0 saturated carbocycles. The Morgan fingerprint density at radius 3 is 2.00 bits per heavy atom. The van der Waals surface area contributed by atoms with Crippen molar-refractivity contribution in [1.29, 1.82) is 0 Å². The molecule has 2 heteroatoms. The lowest BCUT2D eigenvalue weighted by atomic mass is 10.4. The molecular formula is C5H12NP. The molecule has 0 heterocycles. The zero-order valence-corrected chi connectivity index (χ0v) is 6.07. The molecule has 1 nitrogen and oxygen atoms in total. The molecule has 0 atom stereocenters. The summed E-state index contributed by atoms with van der Waals surface area (Å²) in [5.41, 5.74) is 0. The smallest absolute Gasteiger partial charge is 0.116 e. The third-order valence-corrected chi connectivity index (χ3v) is 1.83. The maximum absolute atomic E-state index is 3.78. The SMILES string of the molecule is C=[N+]([P-]C)C(C)C. The maximum Gasteiger partial charge on any atom is 0.116 e. The summed E-state index contributed by atoms with van der Waals surface area (Å²) in [7, 11) is 1.24. The van der Waals surface area contributed by atoms with Crippen molar-refractivity contribution < 1.29 is 4.35 Å². The van der Waals surface area contributed by atoms with Crippen LogP contribution < -0.4 is 0 Å². The fraction of sp³-hybridized carbons (Fsp3) is 0.800. The first-order valence-corrected chi connectivity index (χ1v) is 3.67. The van der Waals surface area contributed by atoms with Crippen LogP contribution >= 0.6 is 8.73 Å². The van der Waals surface area contributed by atoms with E-state index in [1.165, 1.54) is 8.73 Å². The van der Waals surface area contributed by atoms with Crippen LogP contribution in [0.5, 0.6) is 0 Å². The molecule has 42 valence electrons. The van der Waals surface area contributed by atoms with Crippen molar-refractivity contribution in [2.45, 2.75) is 19.9 Å². The van der Waals surface area contributed by atoms with Crippen LogP contribution in [0.1, 0.15) is 13.8 Å². The Kier molecular flexibility index (Phi) is 3.19. The van der Waals surface area contributed by atoms with E-state index in [4.69, 9.17) is 0 Å². The summed E-state index contributed by atoms with van der Waals surface area (Å²) in [6.07, 6.45) is 0. The molecule has 0 rings (SSSR count). The van der Waals surface area contributed by atoms with E-state index < -0.39 is 0 Å². The second kappa shape index (κ2) is 3.15. The number of nitrogens with zero attached hydrogens (tertiary/aromatic N) is 1. The van der Waals surface area contributed by atoms with Crippen molar-refractivity contribution in [3.05, 3.63) is 0 Å². The Bertz CT molecular complexity index is 68.5. The van der Waals surface area contributed by atoms with E-state index in [0.717, 1.165) is 0 Å². The van der Waals surface area contributed by atoms with Crippen molar-refractivity contribution >= 4 is 15.4 Å². The topological polar surface area (TPSA) is 3.01 Å². The van der Waals surface area contributed by atoms with Crippen LogP contribution in [0.3, 0.4) is 0 Å². The van der Waals surface area contributed by atoms with E-state index in [2.05, 4.69) is 27.2 Å². The highest BCUT2D eigenvalue weighted by molar-refractivity contribution is 7.29. The third-order valence-electron chi connectivity index (χ3n) is 0.853. The van der Waals surface area contributed by atoms with E-state index in [1.54, 1.807) is 0 Å². The van der Waals surface area contributed by atoms with Crippen LogP contribution in [0.25, 0.3) is 0 Å². The van der Waals surface area contributed by atoms with Gasteiger partial charge in [-0.25, -0.2) is 0 Å². The second-order valence-corrected chi connectivity index (χ2v) is 2.65. The van der Waals surface area contributed by atoms with Crippen LogP contribution in [0.2, 0.25) is 0 Å². The average Bonchev–Trinajstić information content (AvgIpc) is 1.65. The number of hydrogen-bond donors (Lipinski definition) is 0. The fourth-order valence-electron chi connectivity index (χ4n) is 0.231. The minimum atomic E-state index is 0.576. The quantitative estimate of drug-likeness (QED) is 0.381. The molecule has 7 heavy (non-hydrogen) atoms. The molecule has 0 spiro atoms. The van der Waals surface area contributed by atoms with Crippen LogP contribution in [-0.2, 0) is 0 Å². The summed E-state index contributed by atoms with van der Waals surface area (Å²) >= 11 is 0. The van der Waals surface area contributed by atoms with Gasteiger partial charge in [-0.05, 0) is 13.8 Å². The van der Waals surface area contributed by atoms with Crippen molar-refractivity contribution in [1.82, 2.24) is 0 Å². The van der Waals surface area contributed by atoms with Gasteiger partial charge in [0.25, 0.3) is 0 Å². The van der Waals surface area contributed by atoms with Crippen LogP contribution in [0.15, 0.2) is 0 Å². The maximum atomic E-state index is 3.78. The van der Waals surface area contributed by atoms with E-state index in [-0.39, 0.29) is 0 Å². The van der Waals surface area contributed by atoms with Gasteiger partial charge >= 0.3 is 0 Å². The normalized spacial score (nSPS) is 11.4. The first-order chi connectivity index (χ1) is 3.18. The second-order valence-electron chi connectivity index (χ2n) is 1.73. The highest BCUT2D eigenvalue weighted by atomic mass is 31.1. The summed E-state index contributed by atoms with van der Waals surface area (Å²) in [4.78, 5) is 0. The summed E-state index contributed by atoms with van der Waals surface area (Å²) in [6.45, 7) is 10.1. The molecule has 0 aliphatic heterocycles. The van der Waals surface area contributed by atoms with Gasteiger partial charge in [-0.3, -0.25) is 0 Å². The number of hydrogen-bond acceptors (Lipinski definition) is 0. The molecule has 0 saturated heterocycles. The van der Waals surface area contributed by atoms with E-state index in [1.807, 2.05) is 4.35 Å². The summed E-state index contributed by atoms with van der Waals surface area (Å²) < 4.78 is 2.01. The van der Waals surface area contributed by atoms with Crippen molar-refractivity contribution in [3.63, 3.8) is 0 Å². The van der Waals surface area contributed by atoms with E-state index in [9.17, 15) is 0 Å². The van der Waals surface area contributed by atoms with Crippen LogP contribution in [-0.4, -0.2) is 23.8 Å². The first-order valence-electron chi connectivity index (χ1n) is 2.38. The molecule has 0 unspecified atom stereocenters. The predicted molar refractivity (Wildman–Crippen MR) is 35.4 cm³/mol. The molecule has 0 fully saturated rings. The van der Waals surface area contributed by atoms with Crippen LogP contribution in [0, 0.1) is 0 Å². The summed E-state index contributed by atoms with van der Waals surface area (Å²) in [5, 5.41) is 0. The van der Waals surface area contributed by atoms with Crippen LogP contribution in [0.4, 0.5) is 0 Å². The minimum Gasteiger partial charge on any atom is -0.396 e. The fourth-order valence-corrected chi connectivity index (χ4v) is 0.693. The molecule has 0 radical (unpaired) electrons. The van der Waals surface area contributed by atoms with Crippen molar-refractivity contribution in [3.8, 4) is 0 Å². The summed E-state index contributed by atoms with van der Waals surface area (Å²) in [6, 6.07) is 0.576. The molecule has 0 aromatic rings. The predicted octanol–water partition coefficient (Wildman–Crippen LogP) is 1.60. The zero-order chi connectivity index (χ0) is 5.86. The van der Waals surface area contributed by atoms with Gasteiger partial charge in [-0.1, -0.05) is 0 Å². The van der Waals surface area contributed by atoms with E-state index in [0.29, 0.717) is 6.04 Å². The lowest BCUT2D eigenvalue weighted by molar-refractivity contribution is -0.387. The third kappa shape index (κ3) is 2.76. The van der Waals surface area contributed by atoms with Gasteiger partial charge < -0.3 is 4.35 Å². The van der Waals surface area contributed by atoms with Crippen molar-refractivity contribution in [2.75, 3.05) is 6.66 Å². The summed E-state index contributed by atoms with van der Waals surface area (Å²) in [5.74, 6) is 0. The van der Waals surface area contributed by atoms with Crippen molar-refractivity contribution in [2.24, 2.45) is 0 Å². The molecule has 0 bridgehead atoms. The van der Waals surface area contributed by atoms with Gasteiger partial charge in [0.15, 0.2) is 0 Å². The molecule has 0 aromatic heterocycles. The largest absolute Gasteiger partial charge is 0.396 e. The van der Waals surface area contributed by atoms with Gasteiger partial charge in [0.1, 0.15) is 6.04 Å². The van der Waals surface area contributed by atoms with Gasteiger partial charge in [-0.15, -0.1) is 6.66 Å². The van der Waals surface area contributed by atoms with Gasteiger partial charge in [0.05, 0.1) is 6.72 Å². The monoisotopic (exact) mass is 117 g/mol. The highest BCUT2D eigenvalue weighted by Gasteiger charge is 1.90. The standard InChI is InChI=1S/C5H12NP/c1-5(2)6(3)7-4/h5H,3H2,1-2,4H3. The average molecular weight is 117 g/mol. The zero-order valence-electron chi connectivity index (χ0n) is 5.18. The Labute approximate surface area is 47.3 Å². The Morgan fingerprint density at radius 1 is 1.57 bits per heavy atom. The Hall–Kier alpha value is 0.100. The lowest BCUT2D eigenvalue weighted by Gasteiger charge is -2.11. The van der Waals surface area contributed by atoms with Gasteiger partial charge in [-0.2, -0.15) is 8.73 Å². The lowest BCUT2D eigenvalue weighted by Crippen LogP contribution is -2.07. The molecule has 0 N–H and O–H groups in total. The Balaban J connectivity index is 3.35. The van der Waals surface area contributed by atoms with E-state index >= 15 is 0 Å². The first kappa shape index (κ1) is 7.10. The molecular weight excluding hydrogens is 105 g/mol. The Morgan fingerprint density at radius 2 is 2.00 bits per heavy atom. The van der Waals surface area contributed by atoms with Gasteiger partial charge in [0, 0.05) is 0 Å². The molecule has 0 aliphatic rings. The molecule has 0 aromatic carbocycles. The minimum absolute atomic E-state index is 0.576. The molecule has 0 amide bonds. The number of rotatable bonds is 2.